The molecule has 13 heavy (non-hydrogen) atoms. The zero-order valence-corrected chi connectivity index (χ0v) is 7.82. The molecule has 0 saturated heterocycles. The molecule has 0 unspecified atom stereocenters. The van der Waals surface area contributed by atoms with Crippen LogP contribution in [0.5, 0.6) is 0 Å². The molecule has 0 aromatic carbocycles. The summed E-state index contributed by atoms with van der Waals surface area (Å²) in [6, 6.07) is 4.67. The molecule has 1 heterocycles. The molecule has 0 radical (unpaired) electrons. The topological polar surface area (TPSA) is 56.2 Å². The molecule has 3 heteroatoms. The van der Waals surface area contributed by atoms with Crippen molar-refractivity contribution in [2.75, 3.05) is 0 Å². The summed E-state index contributed by atoms with van der Waals surface area (Å²) in [6.07, 6.45) is 3.02. The summed E-state index contributed by atoms with van der Waals surface area (Å²) in [5.41, 5.74) is 5.49. The minimum Gasteiger partial charge on any atom is -0.426 e. The van der Waals surface area contributed by atoms with E-state index in [9.17, 15) is 4.79 Å². The lowest BCUT2D eigenvalue weighted by Gasteiger charge is -2.08. The van der Waals surface area contributed by atoms with Crippen LogP contribution in [0.1, 0.15) is 38.0 Å². The van der Waals surface area contributed by atoms with Gasteiger partial charge >= 0.3 is 5.63 Å². The standard InChI is InChI=1S/C10H15NO2/c1-2-3-5-8(11)9-6-4-7-10(12)13-9/h4,6-8H,2-3,5,11H2,1H3/t8-/m1/s1. The quantitative estimate of drug-likeness (QED) is 0.770. The van der Waals surface area contributed by atoms with Crippen molar-refractivity contribution in [2.24, 2.45) is 5.73 Å². The first-order valence-corrected chi connectivity index (χ1v) is 4.59. The van der Waals surface area contributed by atoms with E-state index in [0.29, 0.717) is 5.76 Å². The molecule has 1 aromatic rings. The third kappa shape index (κ3) is 3.03. The molecule has 0 aliphatic heterocycles. The second-order valence-corrected chi connectivity index (χ2v) is 3.10. The van der Waals surface area contributed by atoms with Gasteiger partial charge in [0.05, 0.1) is 6.04 Å². The van der Waals surface area contributed by atoms with Crippen LogP contribution >= 0.6 is 0 Å². The maximum absolute atomic E-state index is 10.8. The summed E-state index contributed by atoms with van der Waals surface area (Å²) in [7, 11) is 0. The van der Waals surface area contributed by atoms with Crippen molar-refractivity contribution in [1.82, 2.24) is 0 Å². The van der Waals surface area contributed by atoms with E-state index in [4.69, 9.17) is 10.2 Å². The first-order chi connectivity index (χ1) is 6.24. The first kappa shape index (κ1) is 9.99. The summed E-state index contributed by atoms with van der Waals surface area (Å²) < 4.78 is 4.96. The largest absolute Gasteiger partial charge is 0.426 e. The van der Waals surface area contributed by atoms with E-state index in [2.05, 4.69) is 6.92 Å². The highest BCUT2D eigenvalue weighted by Gasteiger charge is 2.07. The van der Waals surface area contributed by atoms with Gasteiger partial charge in [0.15, 0.2) is 0 Å². The van der Waals surface area contributed by atoms with Gasteiger partial charge < -0.3 is 10.2 Å². The van der Waals surface area contributed by atoms with Crippen LogP contribution in [0.4, 0.5) is 0 Å². The molecule has 0 amide bonds. The van der Waals surface area contributed by atoms with Gasteiger partial charge in [-0.1, -0.05) is 25.8 Å². The van der Waals surface area contributed by atoms with Crippen molar-refractivity contribution < 1.29 is 4.42 Å². The van der Waals surface area contributed by atoms with Gasteiger partial charge in [0.2, 0.25) is 0 Å². The molecule has 1 rings (SSSR count). The number of unbranched alkanes of at least 4 members (excludes halogenated alkanes) is 1. The Kier molecular flexibility index (Phi) is 3.71. The third-order valence-corrected chi connectivity index (χ3v) is 1.95. The van der Waals surface area contributed by atoms with Crippen molar-refractivity contribution in [3.63, 3.8) is 0 Å². The molecule has 0 bridgehead atoms. The second kappa shape index (κ2) is 4.82. The van der Waals surface area contributed by atoms with Crippen LogP contribution < -0.4 is 11.4 Å². The zero-order valence-electron chi connectivity index (χ0n) is 7.82. The fourth-order valence-electron chi connectivity index (χ4n) is 1.17. The summed E-state index contributed by atoms with van der Waals surface area (Å²) >= 11 is 0. The van der Waals surface area contributed by atoms with Crippen LogP contribution in [0.2, 0.25) is 0 Å². The van der Waals surface area contributed by atoms with E-state index >= 15 is 0 Å². The van der Waals surface area contributed by atoms with Crippen molar-refractivity contribution in [2.45, 2.75) is 32.2 Å². The van der Waals surface area contributed by atoms with Crippen LogP contribution in [0.3, 0.4) is 0 Å². The molecule has 0 aliphatic rings. The van der Waals surface area contributed by atoms with Gasteiger partial charge in [-0.3, -0.25) is 0 Å². The number of nitrogens with two attached hydrogens (primary N) is 1. The second-order valence-electron chi connectivity index (χ2n) is 3.10. The molecular formula is C10H15NO2. The number of hydrogen-bond donors (Lipinski definition) is 1. The molecular weight excluding hydrogens is 166 g/mol. The highest BCUT2D eigenvalue weighted by atomic mass is 16.4. The lowest BCUT2D eigenvalue weighted by Crippen LogP contribution is -2.12. The maximum Gasteiger partial charge on any atom is 0.335 e. The van der Waals surface area contributed by atoms with Gasteiger partial charge in [0.1, 0.15) is 5.76 Å². The predicted octanol–water partition coefficient (Wildman–Crippen LogP) is 1.83. The van der Waals surface area contributed by atoms with Crippen LogP contribution in [-0.2, 0) is 0 Å². The van der Waals surface area contributed by atoms with Crippen LogP contribution in [0, 0.1) is 0 Å². The lowest BCUT2D eigenvalue weighted by molar-refractivity contribution is 0.409. The molecule has 0 saturated carbocycles. The van der Waals surface area contributed by atoms with Crippen molar-refractivity contribution in [3.05, 3.63) is 34.4 Å². The summed E-state index contributed by atoms with van der Waals surface area (Å²) in [4.78, 5) is 10.8. The van der Waals surface area contributed by atoms with Gasteiger partial charge in [0, 0.05) is 6.07 Å². The SMILES string of the molecule is CCCC[C@@H](N)c1cccc(=O)o1. The van der Waals surface area contributed by atoms with Gasteiger partial charge in [-0.15, -0.1) is 0 Å². The molecule has 72 valence electrons. The van der Waals surface area contributed by atoms with E-state index in [-0.39, 0.29) is 11.7 Å². The van der Waals surface area contributed by atoms with Gasteiger partial charge in [0.25, 0.3) is 0 Å². The minimum absolute atomic E-state index is 0.145. The summed E-state index contributed by atoms with van der Waals surface area (Å²) in [5, 5.41) is 0. The Morgan fingerprint density at radius 2 is 2.31 bits per heavy atom. The normalized spacial score (nSPS) is 12.8. The number of rotatable bonds is 4. The minimum atomic E-state index is -0.329. The van der Waals surface area contributed by atoms with E-state index < -0.39 is 0 Å². The Morgan fingerprint density at radius 1 is 1.54 bits per heavy atom. The molecule has 0 spiro atoms. The zero-order chi connectivity index (χ0) is 9.68. The van der Waals surface area contributed by atoms with Crippen molar-refractivity contribution in [3.8, 4) is 0 Å². The fraction of sp³-hybridized carbons (Fsp3) is 0.500. The maximum atomic E-state index is 10.8. The van der Waals surface area contributed by atoms with Crippen molar-refractivity contribution >= 4 is 0 Å². The molecule has 1 aromatic heterocycles. The van der Waals surface area contributed by atoms with Crippen LogP contribution in [0.25, 0.3) is 0 Å². The van der Waals surface area contributed by atoms with Crippen LogP contribution in [-0.4, -0.2) is 0 Å². The van der Waals surface area contributed by atoms with E-state index in [1.54, 1.807) is 12.1 Å². The van der Waals surface area contributed by atoms with Crippen molar-refractivity contribution in [1.29, 1.82) is 0 Å². The Bertz CT molecular complexity index is 306. The van der Waals surface area contributed by atoms with Crippen LogP contribution in [0.15, 0.2) is 27.4 Å². The molecule has 2 N–H and O–H groups in total. The highest BCUT2D eigenvalue weighted by Crippen LogP contribution is 2.14. The molecule has 0 fully saturated rings. The third-order valence-electron chi connectivity index (χ3n) is 1.95. The Morgan fingerprint density at radius 3 is 2.92 bits per heavy atom. The Hall–Kier alpha value is -1.09. The Labute approximate surface area is 77.6 Å². The average molecular weight is 181 g/mol. The average Bonchev–Trinajstić information content (AvgIpc) is 2.14. The highest BCUT2D eigenvalue weighted by molar-refractivity contribution is 5.03. The number of hydrogen-bond acceptors (Lipinski definition) is 3. The molecule has 0 aliphatic carbocycles. The summed E-state index contributed by atoms with van der Waals surface area (Å²) in [5.74, 6) is 0.584. The molecule has 3 nitrogen and oxygen atoms in total. The molecule has 1 atom stereocenters. The lowest BCUT2D eigenvalue weighted by atomic mass is 10.1. The predicted molar refractivity (Wildman–Crippen MR) is 51.4 cm³/mol. The smallest absolute Gasteiger partial charge is 0.335 e. The van der Waals surface area contributed by atoms with E-state index in [0.717, 1.165) is 19.3 Å². The van der Waals surface area contributed by atoms with Gasteiger partial charge in [-0.25, -0.2) is 4.79 Å². The fourth-order valence-corrected chi connectivity index (χ4v) is 1.17. The summed E-state index contributed by atoms with van der Waals surface area (Å²) in [6.45, 7) is 2.11. The Balaban J connectivity index is 2.65. The van der Waals surface area contributed by atoms with E-state index in [1.165, 1.54) is 6.07 Å². The van der Waals surface area contributed by atoms with E-state index in [1.807, 2.05) is 0 Å². The first-order valence-electron chi connectivity index (χ1n) is 4.59. The monoisotopic (exact) mass is 181 g/mol. The van der Waals surface area contributed by atoms with Gasteiger partial charge in [-0.2, -0.15) is 0 Å². The van der Waals surface area contributed by atoms with Gasteiger partial charge in [-0.05, 0) is 12.5 Å².